The van der Waals surface area contributed by atoms with Crippen molar-refractivity contribution in [3.63, 3.8) is 0 Å². The van der Waals surface area contributed by atoms with E-state index in [0.717, 1.165) is 0 Å². The minimum absolute atomic E-state index is 0.0588. The van der Waals surface area contributed by atoms with Crippen molar-refractivity contribution in [1.82, 2.24) is 5.32 Å². The Labute approximate surface area is 108 Å². The quantitative estimate of drug-likeness (QED) is 0.769. The summed E-state index contributed by atoms with van der Waals surface area (Å²) in [4.78, 5) is 23.1. The normalized spacial score (nSPS) is 25.9. The largest absolute Gasteiger partial charge is 0.469 e. The van der Waals surface area contributed by atoms with E-state index in [9.17, 15) is 9.59 Å². The number of rotatable bonds is 2. The number of methoxy groups -OCH3 is 1. The van der Waals surface area contributed by atoms with Gasteiger partial charge in [-0.3, -0.25) is 4.79 Å². The van der Waals surface area contributed by atoms with Gasteiger partial charge in [0, 0.05) is 6.04 Å². The Bertz CT molecular complexity index is 343. The first-order valence-electron chi connectivity index (χ1n) is 6.15. The molecule has 1 saturated carbocycles. The second-order valence-corrected chi connectivity index (χ2v) is 6.33. The molecular formula is C13H23NO4. The van der Waals surface area contributed by atoms with Crippen LogP contribution in [0.4, 0.5) is 4.79 Å². The van der Waals surface area contributed by atoms with Crippen LogP contribution in [0.15, 0.2) is 0 Å². The summed E-state index contributed by atoms with van der Waals surface area (Å²) in [6, 6.07) is -0.0588. The zero-order valence-corrected chi connectivity index (χ0v) is 12.0. The molecule has 1 N–H and O–H groups in total. The third-order valence-corrected chi connectivity index (χ3v) is 3.44. The van der Waals surface area contributed by atoms with Crippen molar-refractivity contribution in [2.24, 2.45) is 11.3 Å². The Hall–Kier alpha value is -1.26. The van der Waals surface area contributed by atoms with E-state index < -0.39 is 11.7 Å². The number of hydrogen-bond acceptors (Lipinski definition) is 4. The number of esters is 1. The average Bonchev–Trinajstić information content (AvgIpc) is 2.20. The molecule has 1 fully saturated rings. The SMILES string of the molecule is COC(=O)[C@H]1C[C@@H](NC(=O)OC(C)(C)C)C1(C)C. The summed E-state index contributed by atoms with van der Waals surface area (Å²) in [7, 11) is 1.38. The molecule has 0 aromatic rings. The van der Waals surface area contributed by atoms with Gasteiger partial charge in [-0.25, -0.2) is 4.79 Å². The van der Waals surface area contributed by atoms with E-state index >= 15 is 0 Å². The van der Waals surface area contributed by atoms with Gasteiger partial charge in [-0.05, 0) is 32.6 Å². The molecule has 0 spiro atoms. The molecule has 2 atom stereocenters. The van der Waals surface area contributed by atoms with Crippen LogP contribution >= 0.6 is 0 Å². The van der Waals surface area contributed by atoms with Crippen LogP contribution in [0, 0.1) is 11.3 Å². The lowest BCUT2D eigenvalue weighted by molar-refractivity contribution is -0.158. The van der Waals surface area contributed by atoms with Crippen molar-refractivity contribution in [3.8, 4) is 0 Å². The van der Waals surface area contributed by atoms with Gasteiger partial charge in [0.15, 0.2) is 0 Å². The van der Waals surface area contributed by atoms with Crippen LogP contribution in [-0.4, -0.2) is 30.8 Å². The van der Waals surface area contributed by atoms with E-state index in [1.807, 2.05) is 34.6 Å². The van der Waals surface area contributed by atoms with Crippen LogP contribution in [0.3, 0.4) is 0 Å². The van der Waals surface area contributed by atoms with Crippen LogP contribution < -0.4 is 5.32 Å². The highest BCUT2D eigenvalue weighted by atomic mass is 16.6. The summed E-state index contributed by atoms with van der Waals surface area (Å²) in [5.41, 5.74) is -0.816. The predicted octanol–water partition coefficient (Wildman–Crippen LogP) is 2.10. The number of carbonyl (C=O) groups is 2. The van der Waals surface area contributed by atoms with E-state index in [1.54, 1.807) is 0 Å². The minimum Gasteiger partial charge on any atom is -0.469 e. The first-order chi connectivity index (χ1) is 8.08. The third kappa shape index (κ3) is 3.15. The Morgan fingerprint density at radius 3 is 2.22 bits per heavy atom. The summed E-state index contributed by atoms with van der Waals surface area (Å²) in [5, 5.41) is 2.80. The van der Waals surface area contributed by atoms with Crippen molar-refractivity contribution in [2.45, 2.75) is 52.7 Å². The fraction of sp³-hybridized carbons (Fsp3) is 0.846. The minimum atomic E-state index is -0.514. The van der Waals surface area contributed by atoms with E-state index in [1.165, 1.54) is 7.11 Å². The molecule has 5 heteroatoms. The molecule has 1 aliphatic rings. The standard InChI is InChI=1S/C13H23NO4/c1-12(2,3)18-11(16)14-9-7-8(10(15)17-6)13(9,4)5/h8-9H,7H2,1-6H3,(H,14,16)/t8-,9-/m1/s1. The summed E-state index contributed by atoms with van der Waals surface area (Å²) < 4.78 is 9.93. The van der Waals surface area contributed by atoms with Gasteiger partial charge >= 0.3 is 12.1 Å². The zero-order chi connectivity index (χ0) is 14.1. The number of carbonyl (C=O) groups excluding carboxylic acids is 2. The molecular weight excluding hydrogens is 234 g/mol. The van der Waals surface area contributed by atoms with Gasteiger partial charge in [0.1, 0.15) is 5.60 Å². The number of nitrogens with one attached hydrogen (secondary N) is 1. The lowest BCUT2D eigenvalue weighted by atomic mass is 9.58. The van der Waals surface area contributed by atoms with E-state index in [2.05, 4.69) is 5.32 Å². The Morgan fingerprint density at radius 2 is 1.83 bits per heavy atom. The van der Waals surface area contributed by atoms with Crippen LogP contribution in [0.5, 0.6) is 0 Å². The maximum Gasteiger partial charge on any atom is 0.407 e. The van der Waals surface area contributed by atoms with Crippen molar-refractivity contribution < 1.29 is 19.1 Å². The maximum atomic E-state index is 11.6. The molecule has 0 heterocycles. The lowest BCUT2D eigenvalue weighted by Crippen LogP contribution is -2.61. The van der Waals surface area contributed by atoms with Gasteiger partial charge in [0.2, 0.25) is 0 Å². The molecule has 0 unspecified atom stereocenters. The molecule has 18 heavy (non-hydrogen) atoms. The first kappa shape index (κ1) is 14.8. The first-order valence-corrected chi connectivity index (χ1v) is 6.15. The molecule has 1 amide bonds. The Kier molecular flexibility index (Phi) is 3.93. The van der Waals surface area contributed by atoms with Crippen molar-refractivity contribution >= 4 is 12.1 Å². The van der Waals surface area contributed by atoms with Gasteiger partial charge in [0.25, 0.3) is 0 Å². The van der Waals surface area contributed by atoms with Crippen LogP contribution in [0.2, 0.25) is 0 Å². The van der Waals surface area contributed by atoms with Crippen molar-refractivity contribution in [2.75, 3.05) is 7.11 Å². The fourth-order valence-electron chi connectivity index (χ4n) is 2.16. The van der Waals surface area contributed by atoms with E-state index in [0.29, 0.717) is 6.42 Å². The van der Waals surface area contributed by atoms with Gasteiger partial charge < -0.3 is 14.8 Å². The van der Waals surface area contributed by atoms with Crippen LogP contribution in [0.25, 0.3) is 0 Å². The molecule has 0 aromatic heterocycles. The number of amides is 1. The maximum absolute atomic E-state index is 11.6. The monoisotopic (exact) mass is 257 g/mol. The molecule has 0 radical (unpaired) electrons. The smallest absolute Gasteiger partial charge is 0.407 e. The Balaban J connectivity index is 2.52. The molecule has 0 aliphatic heterocycles. The summed E-state index contributed by atoms with van der Waals surface area (Å²) in [6.07, 6.45) is 0.155. The summed E-state index contributed by atoms with van der Waals surface area (Å²) >= 11 is 0. The molecule has 104 valence electrons. The fourth-order valence-corrected chi connectivity index (χ4v) is 2.16. The van der Waals surface area contributed by atoms with Gasteiger partial charge in [-0.1, -0.05) is 13.8 Å². The molecule has 0 saturated heterocycles. The molecule has 0 bridgehead atoms. The van der Waals surface area contributed by atoms with Gasteiger partial charge in [-0.15, -0.1) is 0 Å². The number of ether oxygens (including phenoxy) is 2. The topological polar surface area (TPSA) is 64.6 Å². The number of alkyl carbamates (subject to hydrolysis) is 1. The molecule has 5 nitrogen and oxygen atoms in total. The van der Waals surface area contributed by atoms with Crippen molar-refractivity contribution in [1.29, 1.82) is 0 Å². The van der Waals surface area contributed by atoms with Gasteiger partial charge in [0.05, 0.1) is 13.0 Å². The average molecular weight is 257 g/mol. The molecule has 0 aromatic carbocycles. The third-order valence-electron chi connectivity index (χ3n) is 3.44. The Morgan fingerprint density at radius 1 is 1.28 bits per heavy atom. The van der Waals surface area contributed by atoms with Crippen LogP contribution in [-0.2, 0) is 14.3 Å². The number of hydrogen-bond donors (Lipinski definition) is 1. The second-order valence-electron chi connectivity index (χ2n) is 6.33. The summed E-state index contributed by atoms with van der Waals surface area (Å²) in [5.74, 6) is -0.385. The highest BCUT2D eigenvalue weighted by Crippen LogP contribution is 2.46. The lowest BCUT2D eigenvalue weighted by Gasteiger charge is -2.50. The summed E-state index contributed by atoms with van der Waals surface area (Å²) in [6.45, 7) is 9.33. The van der Waals surface area contributed by atoms with Gasteiger partial charge in [-0.2, -0.15) is 0 Å². The zero-order valence-electron chi connectivity index (χ0n) is 12.0. The molecule has 1 aliphatic carbocycles. The molecule has 1 rings (SSSR count). The highest BCUT2D eigenvalue weighted by Gasteiger charge is 2.53. The van der Waals surface area contributed by atoms with Crippen molar-refractivity contribution in [3.05, 3.63) is 0 Å². The van der Waals surface area contributed by atoms with E-state index in [-0.39, 0.29) is 23.3 Å². The predicted molar refractivity (Wildman–Crippen MR) is 67.1 cm³/mol. The second kappa shape index (κ2) is 4.78. The van der Waals surface area contributed by atoms with Crippen LogP contribution in [0.1, 0.15) is 41.0 Å². The highest BCUT2D eigenvalue weighted by molar-refractivity contribution is 5.76. The van der Waals surface area contributed by atoms with E-state index in [4.69, 9.17) is 9.47 Å².